The molecule has 110 valence electrons. The molecule has 1 aromatic rings. The van der Waals surface area contributed by atoms with E-state index < -0.39 is 0 Å². The van der Waals surface area contributed by atoms with Crippen LogP contribution in [0.5, 0.6) is 0 Å². The molecule has 0 saturated heterocycles. The van der Waals surface area contributed by atoms with Crippen LogP contribution >= 0.6 is 0 Å². The summed E-state index contributed by atoms with van der Waals surface area (Å²) in [6, 6.07) is 10.4. The van der Waals surface area contributed by atoms with E-state index >= 15 is 0 Å². The Morgan fingerprint density at radius 1 is 1.57 bits per heavy atom. The molecule has 0 heterocycles. The molecule has 21 heavy (non-hydrogen) atoms. The minimum absolute atomic E-state index is 0.149. The number of hydrogen-bond acceptors (Lipinski definition) is 4. The zero-order valence-corrected chi connectivity index (χ0v) is 12.4. The smallest absolute Gasteiger partial charge is 0.113 e. The van der Waals surface area contributed by atoms with Crippen molar-refractivity contribution in [2.24, 2.45) is 15.6 Å². The van der Waals surface area contributed by atoms with Crippen molar-refractivity contribution in [3.05, 3.63) is 29.8 Å². The topological polar surface area (TPSA) is 77.8 Å². The number of nitrogens with two attached hydrogens (primary N) is 1. The van der Waals surface area contributed by atoms with Crippen molar-refractivity contribution < 1.29 is 0 Å². The molecule has 2 N–H and O–H groups in total. The van der Waals surface area contributed by atoms with Crippen LogP contribution in [0.2, 0.25) is 0 Å². The van der Waals surface area contributed by atoms with Gasteiger partial charge in [0.2, 0.25) is 0 Å². The molecule has 0 aromatic heterocycles. The second-order valence-electron chi connectivity index (χ2n) is 5.78. The van der Waals surface area contributed by atoms with Crippen molar-refractivity contribution in [2.75, 3.05) is 19.3 Å². The summed E-state index contributed by atoms with van der Waals surface area (Å²) in [5.74, 6) is 0.247. The number of nitriles is 1. The average Bonchev–Trinajstić information content (AvgIpc) is 3.25. The molecule has 0 spiro atoms. The van der Waals surface area contributed by atoms with Gasteiger partial charge in [-0.05, 0) is 37.0 Å². The van der Waals surface area contributed by atoms with Crippen LogP contribution in [0.15, 0.2) is 34.5 Å². The molecule has 1 unspecified atom stereocenters. The average molecular weight is 283 g/mol. The van der Waals surface area contributed by atoms with Gasteiger partial charge in [0, 0.05) is 31.9 Å². The van der Waals surface area contributed by atoms with E-state index in [1.165, 1.54) is 5.56 Å². The Morgan fingerprint density at radius 2 is 2.33 bits per heavy atom. The van der Waals surface area contributed by atoms with E-state index in [9.17, 15) is 5.26 Å². The maximum absolute atomic E-state index is 9.34. The highest BCUT2D eigenvalue weighted by Gasteiger charge is 2.44. The van der Waals surface area contributed by atoms with Gasteiger partial charge in [-0.25, -0.2) is 0 Å². The largest absolute Gasteiger partial charge is 0.399 e. The Kier molecular flexibility index (Phi) is 4.59. The van der Waals surface area contributed by atoms with Gasteiger partial charge in [-0.3, -0.25) is 0 Å². The van der Waals surface area contributed by atoms with Gasteiger partial charge >= 0.3 is 0 Å². The van der Waals surface area contributed by atoms with Crippen molar-refractivity contribution in [1.29, 1.82) is 5.26 Å². The Hall–Kier alpha value is -2.35. The highest BCUT2D eigenvalue weighted by atomic mass is 15.3. The fraction of sp³-hybridized carbons (Fsp3) is 0.438. The summed E-state index contributed by atoms with van der Waals surface area (Å²) in [7, 11) is 1.94. The van der Waals surface area contributed by atoms with Crippen LogP contribution in [0.3, 0.4) is 0 Å². The lowest BCUT2D eigenvalue weighted by molar-refractivity contribution is 0.404. The van der Waals surface area contributed by atoms with E-state index in [2.05, 4.69) is 29.1 Å². The highest BCUT2D eigenvalue weighted by Crippen LogP contribution is 2.51. The summed E-state index contributed by atoms with van der Waals surface area (Å²) < 4.78 is 0. The molecule has 1 aromatic carbocycles. The number of rotatable bonds is 7. The summed E-state index contributed by atoms with van der Waals surface area (Å²) in [6.07, 6.45) is 4.49. The summed E-state index contributed by atoms with van der Waals surface area (Å²) in [5.41, 5.74) is 7.67. The third-order valence-electron chi connectivity index (χ3n) is 3.95. The van der Waals surface area contributed by atoms with Crippen LogP contribution in [-0.4, -0.2) is 31.5 Å². The van der Waals surface area contributed by atoms with Crippen molar-refractivity contribution in [3.63, 3.8) is 0 Å². The van der Waals surface area contributed by atoms with Crippen LogP contribution in [0.25, 0.3) is 0 Å². The van der Waals surface area contributed by atoms with Crippen molar-refractivity contribution in [3.8, 4) is 6.07 Å². The second kappa shape index (κ2) is 6.40. The lowest BCUT2D eigenvalue weighted by atomic mass is 9.87. The fourth-order valence-electron chi connectivity index (χ4n) is 2.60. The van der Waals surface area contributed by atoms with Crippen molar-refractivity contribution in [2.45, 2.75) is 25.2 Å². The molecule has 1 aliphatic rings. The normalized spacial score (nSPS) is 17.1. The SMILES string of the molecule is C=N/N=C\N(C)CC(CC1(C#N)CC1)c1cccc(N)c1. The van der Waals surface area contributed by atoms with Gasteiger partial charge in [-0.2, -0.15) is 10.4 Å². The molecule has 1 aliphatic carbocycles. The van der Waals surface area contributed by atoms with E-state index in [1.54, 1.807) is 6.34 Å². The number of nitrogens with zero attached hydrogens (tertiary/aromatic N) is 4. The van der Waals surface area contributed by atoms with Gasteiger partial charge in [-0.1, -0.05) is 12.1 Å². The highest BCUT2D eigenvalue weighted by molar-refractivity contribution is 5.55. The molecule has 5 heteroatoms. The predicted molar refractivity (Wildman–Crippen MR) is 86.2 cm³/mol. The summed E-state index contributed by atoms with van der Waals surface area (Å²) in [4.78, 5) is 1.97. The lowest BCUT2D eigenvalue weighted by Gasteiger charge is -2.24. The molecular formula is C16H21N5. The van der Waals surface area contributed by atoms with E-state index in [-0.39, 0.29) is 11.3 Å². The standard InChI is InChI=1S/C16H21N5/c1-19-20-12-21(2)10-14(9-16(11-17)6-7-16)13-4-3-5-15(18)8-13/h3-5,8,12,14H,1,6-7,9-10,18H2,2H3/b20-12-. The Bertz CT molecular complexity index is 568. The number of nitrogen functional groups attached to an aromatic ring is 1. The molecule has 0 bridgehead atoms. The number of benzene rings is 1. The first-order valence-corrected chi connectivity index (χ1v) is 7.05. The van der Waals surface area contributed by atoms with E-state index in [1.807, 2.05) is 30.1 Å². The van der Waals surface area contributed by atoms with Gasteiger partial charge in [0.15, 0.2) is 0 Å². The maximum Gasteiger partial charge on any atom is 0.113 e. The second-order valence-corrected chi connectivity index (χ2v) is 5.78. The van der Waals surface area contributed by atoms with Crippen LogP contribution in [-0.2, 0) is 0 Å². The van der Waals surface area contributed by atoms with Gasteiger partial charge in [0.1, 0.15) is 6.34 Å². The van der Waals surface area contributed by atoms with Crippen molar-refractivity contribution in [1.82, 2.24) is 4.90 Å². The Morgan fingerprint density at radius 3 is 2.90 bits per heavy atom. The minimum Gasteiger partial charge on any atom is -0.399 e. The third kappa shape index (κ3) is 4.06. The monoisotopic (exact) mass is 283 g/mol. The molecule has 0 aliphatic heterocycles. The van der Waals surface area contributed by atoms with Crippen LogP contribution in [0.1, 0.15) is 30.7 Å². The molecule has 1 fully saturated rings. The van der Waals surface area contributed by atoms with Gasteiger partial charge in [-0.15, -0.1) is 5.10 Å². The molecule has 2 rings (SSSR count). The molecule has 1 atom stereocenters. The number of hydrogen-bond donors (Lipinski definition) is 1. The van der Waals surface area contributed by atoms with E-state index in [4.69, 9.17) is 5.73 Å². The zero-order valence-electron chi connectivity index (χ0n) is 12.4. The number of anilines is 1. The van der Waals surface area contributed by atoms with Crippen LogP contribution in [0.4, 0.5) is 5.69 Å². The molecular weight excluding hydrogens is 262 g/mol. The maximum atomic E-state index is 9.34. The molecule has 0 amide bonds. The predicted octanol–water partition coefficient (Wildman–Crippen LogP) is 2.62. The zero-order chi connectivity index (χ0) is 15.3. The Labute approximate surface area is 125 Å². The summed E-state index contributed by atoms with van der Waals surface area (Å²) >= 11 is 0. The van der Waals surface area contributed by atoms with Crippen LogP contribution in [0, 0.1) is 16.7 Å². The third-order valence-corrected chi connectivity index (χ3v) is 3.95. The van der Waals surface area contributed by atoms with Crippen LogP contribution < -0.4 is 5.73 Å². The summed E-state index contributed by atoms with van der Waals surface area (Å²) in [5, 5.41) is 16.6. The van der Waals surface area contributed by atoms with Gasteiger partial charge < -0.3 is 10.6 Å². The first kappa shape index (κ1) is 15.0. The molecule has 1 saturated carbocycles. The first-order chi connectivity index (χ1) is 10.1. The quantitative estimate of drug-likeness (QED) is 0.361. The number of likely N-dealkylation sites (N-methyl/N-ethyl adjacent to an activating group) is 1. The molecule has 0 radical (unpaired) electrons. The van der Waals surface area contributed by atoms with Gasteiger partial charge in [0.05, 0.1) is 11.5 Å². The minimum atomic E-state index is -0.149. The molecule has 5 nitrogen and oxygen atoms in total. The summed E-state index contributed by atoms with van der Waals surface area (Å²) in [6.45, 7) is 4.10. The Balaban J connectivity index is 2.16. The lowest BCUT2D eigenvalue weighted by Crippen LogP contribution is -2.25. The van der Waals surface area contributed by atoms with Crippen molar-refractivity contribution >= 4 is 18.7 Å². The first-order valence-electron chi connectivity index (χ1n) is 7.05. The fourth-order valence-corrected chi connectivity index (χ4v) is 2.60. The van der Waals surface area contributed by atoms with Gasteiger partial charge in [0.25, 0.3) is 0 Å². The van der Waals surface area contributed by atoms with E-state index in [0.717, 1.165) is 31.5 Å². The van der Waals surface area contributed by atoms with E-state index in [0.29, 0.717) is 0 Å².